The molecule has 0 bridgehead atoms. The monoisotopic (exact) mass is 274 g/mol. The minimum Gasteiger partial charge on any atom is -0.246 e. The molecule has 0 spiro atoms. The van der Waals surface area contributed by atoms with E-state index in [9.17, 15) is 0 Å². The molecule has 0 aliphatic heterocycles. The summed E-state index contributed by atoms with van der Waals surface area (Å²) in [6.45, 7) is 0.535. The van der Waals surface area contributed by atoms with Crippen LogP contribution in [0.5, 0.6) is 0 Å². The maximum Gasteiger partial charge on any atom is 0.252 e. The normalized spacial score (nSPS) is 10.7. The Labute approximate surface area is 112 Å². The summed E-state index contributed by atoms with van der Waals surface area (Å²) in [5, 5.41) is 14.5. The van der Waals surface area contributed by atoms with Gasteiger partial charge < -0.3 is 0 Å². The highest BCUT2D eigenvalue weighted by molar-refractivity contribution is 7.19. The summed E-state index contributed by atoms with van der Waals surface area (Å²) in [5.41, 5.74) is 0. The van der Waals surface area contributed by atoms with Crippen molar-refractivity contribution in [3.8, 4) is 6.07 Å². The minimum atomic E-state index is 0.173. The second-order valence-electron chi connectivity index (χ2n) is 3.71. The quantitative estimate of drug-likeness (QED) is 0.722. The van der Waals surface area contributed by atoms with E-state index in [1.165, 1.54) is 0 Å². The fourth-order valence-electron chi connectivity index (χ4n) is 1.74. The molecule has 4 nitrogen and oxygen atoms in total. The van der Waals surface area contributed by atoms with E-state index in [1.807, 2.05) is 30.3 Å². The van der Waals surface area contributed by atoms with Crippen LogP contribution in [0, 0.1) is 11.3 Å². The van der Waals surface area contributed by atoms with Crippen molar-refractivity contribution in [1.29, 1.82) is 5.26 Å². The van der Waals surface area contributed by atoms with Crippen LogP contribution in [0.4, 0.5) is 0 Å². The van der Waals surface area contributed by atoms with Crippen molar-refractivity contribution >= 4 is 33.0 Å². The van der Waals surface area contributed by atoms with Crippen LogP contribution in [-0.4, -0.2) is 14.8 Å². The highest BCUT2D eigenvalue weighted by Crippen LogP contribution is 2.35. The fraction of sp³-hybridized carbons (Fsp3) is 0.0833. The molecule has 0 radical (unpaired) electrons. The lowest BCUT2D eigenvalue weighted by Crippen LogP contribution is -1.99. The first kappa shape index (κ1) is 11.2. The van der Waals surface area contributed by atoms with E-state index in [0.717, 1.165) is 20.0 Å². The van der Waals surface area contributed by atoms with Gasteiger partial charge >= 0.3 is 0 Å². The zero-order valence-corrected chi connectivity index (χ0v) is 10.7. The molecule has 18 heavy (non-hydrogen) atoms. The summed E-state index contributed by atoms with van der Waals surface area (Å²) in [7, 11) is 0. The zero-order chi connectivity index (χ0) is 12.5. The van der Waals surface area contributed by atoms with Gasteiger partial charge in [0, 0.05) is 15.0 Å². The molecule has 0 aliphatic carbocycles. The van der Waals surface area contributed by atoms with Crippen LogP contribution in [0.25, 0.3) is 10.1 Å². The van der Waals surface area contributed by atoms with Gasteiger partial charge in [0.25, 0.3) is 5.82 Å². The molecule has 0 saturated carbocycles. The van der Waals surface area contributed by atoms with Crippen LogP contribution in [0.15, 0.2) is 30.6 Å². The molecule has 1 aromatic carbocycles. The van der Waals surface area contributed by atoms with Crippen molar-refractivity contribution in [2.24, 2.45) is 0 Å². The fourth-order valence-corrected chi connectivity index (χ4v) is 3.22. The third-order valence-corrected chi connectivity index (χ3v) is 4.24. The number of hydrogen-bond donors (Lipinski definition) is 0. The number of halogens is 1. The van der Waals surface area contributed by atoms with E-state index in [0.29, 0.717) is 6.54 Å². The lowest BCUT2D eigenvalue weighted by molar-refractivity contribution is 0.690. The molecular formula is C12H7ClN4S. The molecule has 0 N–H and O–H groups in total. The molecule has 3 rings (SSSR count). The molecule has 6 heteroatoms. The van der Waals surface area contributed by atoms with Crippen molar-refractivity contribution in [2.75, 3.05) is 0 Å². The predicted octanol–water partition coefficient (Wildman–Crippen LogP) is 3.07. The molecule has 88 valence electrons. The van der Waals surface area contributed by atoms with E-state index in [1.54, 1.807) is 22.3 Å². The number of thiophene rings is 1. The van der Waals surface area contributed by atoms with Crippen molar-refractivity contribution in [2.45, 2.75) is 6.54 Å². The molecule has 3 aromatic rings. The number of nitrogens with zero attached hydrogens (tertiary/aromatic N) is 4. The van der Waals surface area contributed by atoms with Gasteiger partial charge in [0.2, 0.25) is 0 Å². The molecule has 2 aromatic heterocycles. The smallest absolute Gasteiger partial charge is 0.246 e. The Kier molecular flexibility index (Phi) is 2.74. The average Bonchev–Trinajstić information content (AvgIpc) is 2.97. The first-order valence-corrected chi connectivity index (χ1v) is 6.43. The highest BCUT2D eigenvalue weighted by Gasteiger charge is 2.11. The third-order valence-electron chi connectivity index (χ3n) is 2.54. The molecule has 0 fully saturated rings. The van der Waals surface area contributed by atoms with Crippen molar-refractivity contribution < 1.29 is 0 Å². The molecule has 0 aliphatic rings. The zero-order valence-electron chi connectivity index (χ0n) is 9.17. The lowest BCUT2D eigenvalue weighted by Gasteiger charge is -1.97. The summed E-state index contributed by atoms with van der Waals surface area (Å²) in [6, 6.07) is 9.90. The van der Waals surface area contributed by atoms with Crippen LogP contribution in [0.1, 0.15) is 10.7 Å². The molecule has 0 saturated heterocycles. The van der Waals surface area contributed by atoms with Crippen LogP contribution in [-0.2, 0) is 6.54 Å². The maximum atomic E-state index is 8.67. The van der Waals surface area contributed by atoms with Gasteiger partial charge in [0.1, 0.15) is 12.4 Å². The van der Waals surface area contributed by atoms with E-state index in [4.69, 9.17) is 16.9 Å². The number of hydrogen-bond acceptors (Lipinski definition) is 4. The maximum absolute atomic E-state index is 8.67. The summed E-state index contributed by atoms with van der Waals surface area (Å²) < 4.78 is 2.77. The minimum absolute atomic E-state index is 0.173. The number of benzene rings is 1. The SMILES string of the molecule is N#Cc1ncn(Cc2sc3ccccc3c2Cl)n1. The Morgan fingerprint density at radius 3 is 2.94 bits per heavy atom. The van der Waals surface area contributed by atoms with Gasteiger partial charge in [-0.25, -0.2) is 9.67 Å². The van der Waals surface area contributed by atoms with Gasteiger partial charge in [-0.2, -0.15) is 5.26 Å². The van der Waals surface area contributed by atoms with E-state index in [-0.39, 0.29) is 5.82 Å². The molecule has 0 amide bonds. The average molecular weight is 275 g/mol. The van der Waals surface area contributed by atoms with Crippen LogP contribution in [0.3, 0.4) is 0 Å². The summed E-state index contributed by atoms with van der Waals surface area (Å²) >= 11 is 7.96. The second kappa shape index (κ2) is 4.41. The van der Waals surface area contributed by atoms with Gasteiger partial charge in [-0.05, 0) is 6.07 Å². The van der Waals surface area contributed by atoms with Gasteiger partial charge in [0.05, 0.1) is 11.6 Å². The number of nitriles is 1. The van der Waals surface area contributed by atoms with E-state index in [2.05, 4.69) is 10.1 Å². The summed E-state index contributed by atoms with van der Waals surface area (Å²) in [6.07, 6.45) is 1.54. The number of rotatable bonds is 2. The van der Waals surface area contributed by atoms with Crippen molar-refractivity contribution in [3.63, 3.8) is 0 Å². The van der Waals surface area contributed by atoms with Crippen LogP contribution in [0.2, 0.25) is 5.02 Å². The molecule has 0 atom stereocenters. The Hall–Kier alpha value is -1.90. The largest absolute Gasteiger partial charge is 0.252 e. The predicted molar refractivity (Wildman–Crippen MR) is 70.7 cm³/mol. The topological polar surface area (TPSA) is 54.5 Å². The van der Waals surface area contributed by atoms with Gasteiger partial charge in [0.15, 0.2) is 0 Å². The molecule has 2 heterocycles. The van der Waals surface area contributed by atoms with Crippen molar-refractivity contribution in [1.82, 2.24) is 14.8 Å². The number of aromatic nitrogens is 3. The van der Waals surface area contributed by atoms with Crippen LogP contribution >= 0.6 is 22.9 Å². The number of fused-ring (bicyclic) bond motifs is 1. The third kappa shape index (κ3) is 1.86. The Morgan fingerprint density at radius 1 is 1.39 bits per heavy atom. The summed E-state index contributed by atoms with van der Waals surface area (Å²) in [4.78, 5) is 4.89. The Balaban J connectivity index is 2.00. The van der Waals surface area contributed by atoms with E-state index >= 15 is 0 Å². The molecule has 0 unspecified atom stereocenters. The Morgan fingerprint density at radius 2 is 2.22 bits per heavy atom. The molecular weight excluding hydrogens is 268 g/mol. The Bertz CT molecular complexity index is 753. The standard InChI is InChI=1S/C12H7ClN4S/c13-12-8-3-1-2-4-9(8)18-10(12)6-17-7-15-11(5-14)16-17/h1-4,7H,6H2. The second-order valence-corrected chi connectivity index (χ2v) is 5.23. The highest BCUT2D eigenvalue weighted by atomic mass is 35.5. The van der Waals surface area contributed by atoms with Gasteiger partial charge in [-0.1, -0.05) is 29.8 Å². The van der Waals surface area contributed by atoms with Crippen molar-refractivity contribution in [3.05, 3.63) is 46.3 Å². The van der Waals surface area contributed by atoms with Gasteiger partial charge in [-0.15, -0.1) is 16.4 Å². The first-order valence-electron chi connectivity index (χ1n) is 5.23. The summed E-state index contributed by atoms with van der Waals surface area (Å²) in [5.74, 6) is 0.173. The van der Waals surface area contributed by atoms with Crippen LogP contribution < -0.4 is 0 Å². The first-order chi connectivity index (χ1) is 8.78. The van der Waals surface area contributed by atoms with Gasteiger partial charge in [-0.3, -0.25) is 0 Å². The lowest BCUT2D eigenvalue weighted by atomic mass is 10.2. The van der Waals surface area contributed by atoms with E-state index < -0.39 is 0 Å².